The number of carbonyl (C=O) groups excluding carboxylic acids is 2. The van der Waals surface area contributed by atoms with E-state index in [1.807, 2.05) is 43.3 Å². The predicted molar refractivity (Wildman–Crippen MR) is 101 cm³/mol. The lowest BCUT2D eigenvalue weighted by atomic mass is 10.1. The first-order valence-corrected chi connectivity index (χ1v) is 8.46. The molecule has 1 heterocycles. The van der Waals surface area contributed by atoms with Crippen LogP contribution in [0.15, 0.2) is 48.5 Å². The average molecular weight is 358 g/mol. The van der Waals surface area contributed by atoms with Gasteiger partial charge in [-0.1, -0.05) is 17.7 Å². The Labute approximate surface area is 152 Å². The van der Waals surface area contributed by atoms with Crippen LogP contribution in [0.5, 0.6) is 0 Å². The summed E-state index contributed by atoms with van der Waals surface area (Å²) in [5.41, 5.74) is 2.50. The second-order valence-electron chi connectivity index (χ2n) is 6.32. The third-order valence-corrected chi connectivity index (χ3v) is 4.52. The summed E-state index contributed by atoms with van der Waals surface area (Å²) in [5, 5.41) is 3.53. The smallest absolute Gasteiger partial charge is 0.229 e. The molecule has 1 unspecified atom stereocenters. The number of halogens is 1. The minimum atomic E-state index is -0.369. The molecule has 2 aromatic rings. The quantitative estimate of drug-likeness (QED) is 0.912. The predicted octanol–water partition coefficient (Wildman–Crippen LogP) is 3.40. The number of amides is 2. The normalized spacial score (nSPS) is 16.8. The molecule has 1 atom stereocenters. The maximum Gasteiger partial charge on any atom is 0.229 e. The highest BCUT2D eigenvalue weighted by molar-refractivity contribution is 6.30. The van der Waals surface area contributed by atoms with Crippen molar-refractivity contribution in [1.82, 2.24) is 0 Å². The van der Waals surface area contributed by atoms with Crippen molar-refractivity contribution in [2.24, 2.45) is 5.92 Å². The van der Waals surface area contributed by atoms with Gasteiger partial charge in [-0.3, -0.25) is 9.59 Å². The molecule has 0 radical (unpaired) electrons. The summed E-state index contributed by atoms with van der Waals surface area (Å²) >= 11 is 5.89. The molecule has 0 spiro atoms. The van der Waals surface area contributed by atoms with Crippen LogP contribution in [0.25, 0.3) is 0 Å². The molecule has 0 saturated carbocycles. The number of benzene rings is 2. The first-order valence-electron chi connectivity index (χ1n) is 8.08. The largest absolute Gasteiger partial charge is 0.378 e. The highest BCUT2D eigenvalue weighted by Crippen LogP contribution is 2.27. The van der Waals surface area contributed by atoms with Crippen LogP contribution in [0.1, 0.15) is 6.42 Å². The molecule has 1 fully saturated rings. The van der Waals surface area contributed by atoms with Gasteiger partial charge in [0.25, 0.3) is 0 Å². The third-order valence-electron chi connectivity index (χ3n) is 4.26. The van der Waals surface area contributed by atoms with Gasteiger partial charge < -0.3 is 15.1 Å². The number of hydrogen-bond acceptors (Lipinski definition) is 3. The van der Waals surface area contributed by atoms with Crippen LogP contribution in [0, 0.1) is 5.92 Å². The Hall–Kier alpha value is -2.53. The Morgan fingerprint density at radius 1 is 1.20 bits per heavy atom. The van der Waals surface area contributed by atoms with E-state index in [4.69, 9.17) is 11.6 Å². The van der Waals surface area contributed by atoms with Crippen LogP contribution in [0.4, 0.5) is 17.1 Å². The monoisotopic (exact) mass is 357 g/mol. The van der Waals surface area contributed by atoms with Crippen LogP contribution in [0.3, 0.4) is 0 Å². The van der Waals surface area contributed by atoms with Gasteiger partial charge in [-0.05, 0) is 42.5 Å². The van der Waals surface area contributed by atoms with Crippen molar-refractivity contribution in [2.75, 3.05) is 35.8 Å². The van der Waals surface area contributed by atoms with Crippen LogP contribution in [0.2, 0.25) is 5.02 Å². The molecule has 25 heavy (non-hydrogen) atoms. The molecular weight excluding hydrogens is 338 g/mol. The maximum atomic E-state index is 12.5. The number of nitrogens with one attached hydrogen (secondary N) is 1. The molecule has 3 rings (SSSR count). The van der Waals surface area contributed by atoms with Crippen molar-refractivity contribution < 1.29 is 9.59 Å². The van der Waals surface area contributed by atoms with Crippen molar-refractivity contribution in [3.8, 4) is 0 Å². The molecule has 2 aromatic carbocycles. The second-order valence-corrected chi connectivity index (χ2v) is 6.75. The van der Waals surface area contributed by atoms with E-state index in [0.29, 0.717) is 11.6 Å². The Balaban J connectivity index is 1.68. The number of rotatable bonds is 4. The number of anilines is 3. The van der Waals surface area contributed by atoms with Crippen molar-refractivity contribution in [1.29, 1.82) is 0 Å². The zero-order valence-electron chi connectivity index (χ0n) is 14.2. The zero-order chi connectivity index (χ0) is 18.0. The van der Waals surface area contributed by atoms with Crippen LogP contribution in [-0.2, 0) is 9.59 Å². The number of carbonyl (C=O) groups is 2. The standard InChI is InChI=1S/C19H20ClN3O2/c1-22(2)17-5-3-4-15(11-17)21-19(25)13-10-18(24)23(12-13)16-8-6-14(20)7-9-16/h3-9,11,13H,10,12H2,1-2H3,(H,21,25). The molecule has 1 aliphatic heterocycles. The average Bonchev–Trinajstić information content (AvgIpc) is 2.98. The summed E-state index contributed by atoms with van der Waals surface area (Å²) in [6.07, 6.45) is 0.210. The lowest BCUT2D eigenvalue weighted by Crippen LogP contribution is -2.28. The van der Waals surface area contributed by atoms with E-state index in [-0.39, 0.29) is 24.2 Å². The Morgan fingerprint density at radius 3 is 2.60 bits per heavy atom. The van der Waals surface area contributed by atoms with Gasteiger partial charge in [-0.2, -0.15) is 0 Å². The van der Waals surface area contributed by atoms with Crippen molar-refractivity contribution in [2.45, 2.75) is 6.42 Å². The summed E-state index contributed by atoms with van der Waals surface area (Å²) in [7, 11) is 3.89. The van der Waals surface area contributed by atoms with E-state index in [1.54, 1.807) is 29.2 Å². The van der Waals surface area contributed by atoms with Gasteiger partial charge in [0, 0.05) is 49.1 Å². The summed E-state index contributed by atoms with van der Waals surface area (Å²) in [4.78, 5) is 28.4. The Bertz CT molecular complexity index is 790. The van der Waals surface area contributed by atoms with E-state index in [1.165, 1.54) is 0 Å². The van der Waals surface area contributed by atoms with Gasteiger partial charge in [0.05, 0.1) is 5.92 Å². The molecule has 0 aromatic heterocycles. The van der Waals surface area contributed by atoms with Crippen molar-refractivity contribution >= 4 is 40.5 Å². The highest BCUT2D eigenvalue weighted by atomic mass is 35.5. The first kappa shape index (κ1) is 17.3. The molecule has 1 aliphatic rings. The van der Waals surface area contributed by atoms with Crippen LogP contribution in [-0.4, -0.2) is 32.5 Å². The van der Waals surface area contributed by atoms with E-state index >= 15 is 0 Å². The molecule has 0 aliphatic carbocycles. The van der Waals surface area contributed by atoms with Crippen LogP contribution >= 0.6 is 11.6 Å². The van der Waals surface area contributed by atoms with E-state index in [2.05, 4.69) is 5.32 Å². The van der Waals surface area contributed by atoms with Gasteiger partial charge in [-0.15, -0.1) is 0 Å². The second kappa shape index (κ2) is 7.15. The molecule has 2 amide bonds. The van der Waals surface area contributed by atoms with Crippen molar-refractivity contribution in [3.05, 3.63) is 53.6 Å². The SMILES string of the molecule is CN(C)c1cccc(NC(=O)C2CC(=O)N(c3ccc(Cl)cc3)C2)c1. The van der Waals surface area contributed by atoms with Crippen molar-refractivity contribution in [3.63, 3.8) is 0 Å². The third kappa shape index (κ3) is 3.94. The van der Waals surface area contributed by atoms with Crippen LogP contribution < -0.4 is 15.1 Å². The zero-order valence-corrected chi connectivity index (χ0v) is 15.0. The molecule has 0 bridgehead atoms. The molecule has 1 saturated heterocycles. The highest BCUT2D eigenvalue weighted by Gasteiger charge is 2.35. The molecule has 1 N–H and O–H groups in total. The Kier molecular flexibility index (Phi) is 4.95. The number of nitrogens with zero attached hydrogens (tertiary/aromatic N) is 2. The molecular formula is C19H20ClN3O2. The first-order chi connectivity index (χ1) is 11.9. The summed E-state index contributed by atoms with van der Waals surface area (Å²) < 4.78 is 0. The van der Waals surface area contributed by atoms with E-state index < -0.39 is 0 Å². The minimum absolute atomic E-state index is 0.0514. The van der Waals surface area contributed by atoms with Gasteiger partial charge in [0.1, 0.15) is 0 Å². The van der Waals surface area contributed by atoms with E-state index in [9.17, 15) is 9.59 Å². The lowest BCUT2D eigenvalue weighted by Gasteiger charge is -2.17. The minimum Gasteiger partial charge on any atom is -0.378 e. The van der Waals surface area contributed by atoms with Gasteiger partial charge in [0.2, 0.25) is 11.8 Å². The summed E-state index contributed by atoms with van der Waals surface area (Å²) in [5.74, 6) is -0.559. The fourth-order valence-corrected chi connectivity index (χ4v) is 2.99. The molecule has 130 valence electrons. The fourth-order valence-electron chi connectivity index (χ4n) is 2.86. The van der Waals surface area contributed by atoms with Gasteiger partial charge in [-0.25, -0.2) is 0 Å². The summed E-state index contributed by atoms with van der Waals surface area (Å²) in [6.45, 7) is 0.375. The fraction of sp³-hybridized carbons (Fsp3) is 0.263. The molecule has 5 nitrogen and oxygen atoms in total. The van der Waals surface area contributed by atoms with Gasteiger partial charge in [0.15, 0.2) is 0 Å². The number of hydrogen-bond donors (Lipinski definition) is 1. The lowest BCUT2D eigenvalue weighted by molar-refractivity contribution is -0.122. The topological polar surface area (TPSA) is 52.7 Å². The Morgan fingerprint density at radius 2 is 1.92 bits per heavy atom. The van der Waals surface area contributed by atoms with Gasteiger partial charge >= 0.3 is 0 Å². The molecule has 6 heteroatoms. The maximum absolute atomic E-state index is 12.5. The summed E-state index contributed by atoms with van der Waals surface area (Å²) in [6, 6.07) is 14.7. The van der Waals surface area contributed by atoms with E-state index in [0.717, 1.165) is 17.1 Å².